The maximum absolute atomic E-state index is 6.30. The van der Waals surface area contributed by atoms with Crippen molar-refractivity contribution in [2.24, 2.45) is 11.7 Å². The third-order valence-corrected chi connectivity index (χ3v) is 4.21. The summed E-state index contributed by atoms with van der Waals surface area (Å²) in [5.74, 6) is 1.21. The summed E-state index contributed by atoms with van der Waals surface area (Å²) in [5, 5.41) is 0. The Balaban J connectivity index is 0.00000133. The van der Waals surface area contributed by atoms with E-state index in [9.17, 15) is 0 Å². The highest BCUT2D eigenvalue weighted by Gasteiger charge is 2.32. The molecule has 2 aliphatic rings. The summed E-state index contributed by atoms with van der Waals surface area (Å²) in [5.41, 5.74) is 7.69. The van der Waals surface area contributed by atoms with E-state index >= 15 is 0 Å². The molecule has 0 aliphatic carbocycles. The Bertz CT molecular complexity index is 381. The summed E-state index contributed by atoms with van der Waals surface area (Å²) < 4.78 is 5.45. The quantitative estimate of drug-likeness (QED) is 0.920. The third kappa shape index (κ3) is 3.48. The number of nitrogens with zero attached hydrogens (tertiary/aromatic N) is 1. The first-order valence-electron chi connectivity index (χ1n) is 6.93. The van der Waals surface area contributed by atoms with Gasteiger partial charge in [0.15, 0.2) is 0 Å². The van der Waals surface area contributed by atoms with Gasteiger partial charge in [-0.1, -0.05) is 30.3 Å². The maximum atomic E-state index is 6.30. The molecule has 2 saturated heterocycles. The maximum Gasteiger partial charge on any atom is 0.0507 e. The third-order valence-electron chi connectivity index (χ3n) is 4.21. The standard InChI is InChI=1S/C15H22N2O.ClH/c16-15-10-17(8-12-6-7-18-11-12)9-14(15)13-4-2-1-3-5-13;/h1-5,12,14-15H,6-11,16H2;1H/t12?,14-,15+;/m0./s1. The van der Waals surface area contributed by atoms with Gasteiger partial charge in [0, 0.05) is 38.2 Å². The van der Waals surface area contributed by atoms with Gasteiger partial charge in [0.2, 0.25) is 0 Å². The Kier molecular flexibility index (Phi) is 5.22. The van der Waals surface area contributed by atoms with Gasteiger partial charge in [-0.25, -0.2) is 0 Å². The van der Waals surface area contributed by atoms with Crippen molar-refractivity contribution < 1.29 is 4.74 Å². The first-order chi connectivity index (χ1) is 8.83. The van der Waals surface area contributed by atoms with E-state index in [0.29, 0.717) is 11.8 Å². The van der Waals surface area contributed by atoms with E-state index in [1.165, 1.54) is 12.0 Å². The molecule has 19 heavy (non-hydrogen) atoms. The average molecular weight is 283 g/mol. The van der Waals surface area contributed by atoms with E-state index in [2.05, 4.69) is 35.2 Å². The molecule has 2 aliphatic heterocycles. The molecule has 0 saturated carbocycles. The Morgan fingerprint density at radius 1 is 1.21 bits per heavy atom. The summed E-state index contributed by atoms with van der Waals surface area (Å²) in [7, 11) is 0. The van der Waals surface area contributed by atoms with Gasteiger partial charge in [0.25, 0.3) is 0 Å². The molecule has 0 bridgehead atoms. The van der Waals surface area contributed by atoms with Crippen LogP contribution in [0.5, 0.6) is 0 Å². The molecular weight excluding hydrogens is 260 g/mol. The van der Waals surface area contributed by atoms with Gasteiger partial charge in [-0.3, -0.25) is 0 Å². The van der Waals surface area contributed by atoms with E-state index in [-0.39, 0.29) is 18.4 Å². The van der Waals surface area contributed by atoms with Crippen molar-refractivity contribution in [3.05, 3.63) is 35.9 Å². The number of ether oxygens (including phenoxy) is 1. The molecule has 2 heterocycles. The van der Waals surface area contributed by atoms with Crippen LogP contribution in [-0.4, -0.2) is 43.8 Å². The smallest absolute Gasteiger partial charge is 0.0507 e. The van der Waals surface area contributed by atoms with Crippen LogP contribution in [0.3, 0.4) is 0 Å². The van der Waals surface area contributed by atoms with Crippen LogP contribution in [-0.2, 0) is 4.74 Å². The van der Waals surface area contributed by atoms with Gasteiger partial charge in [-0.15, -0.1) is 12.4 Å². The predicted octanol–water partition coefficient (Wildman–Crippen LogP) is 1.87. The van der Waals surface area contributed by atoms with E-state index < -0.39 is 0 Å². The lowest BCUT2D eigenvalue weighted by Gasteiger charge is -2.19. The van der Waals surface area contributed by atoms with Gasteiger partial charge < -0.3 is 15.4 Å². The van der Waals surface area contributed by atoms with Gasteiger partial charge >= 0.3 is 0 Å². The molecule has 1 aromatic carbocycles. The molecule has 0 radical (unpaired) electrons. The molecule has 3 rings (SSSR count). The van der Waals surface area contributed by atoms with Crippen molar-refractivity contribution >= 4 is 12.4 Å². The highest BCUT2D eigenvalue weighted by atomic mass is 35.5. The average Bonchev–Trinajstić information content (AvgIpc) is 3.01. The lowest BCUT2D eigenvalue weighted by atomic mass is 9.95. The molecule has 0 amide bonds. The Morgan fingerprint density at radius 2 is 2.00 bits per heavy atom. The van der Waals surface area contributed by atoms with Gasteiger partial charge in [0.1, 0.15) is 0 Å². The molecule has 2 N–H and O–H groups in total. The second-order valence-corrected chi connectivity index (χ2v) is 5.63. The fourth-order valence-corrected chi connectivity index (χ4v) is 3.21. The highest BCUT2D eigenvalue weighted by Crippen LogP contribution is 2.27. The second-order valence-electron chi connectivity index (χ2n) is 5.63. The summed E-state index contributed by atoms with van der Waals surface area (Å²) in [4.78, 5) is 2.52. The fraction of sp³-hybridized carbons (Fsp3) is 0.600. The summed E-state index contributed by atoms with van der Waals surface area (Å²) in [6, 6.07) is 11.0. The van der Waals surface area contributed by atoms with Crippen LogP contribution in [0.4, 0.5) is 0 Å². The highest BCUT2D eigenvalue weighted by molar-refractivity contribution is 5.85. The Morgan fingerprint density at radius 3 is 2.68 bits per heavy atom. The van der Waals surface area contributed by atoms with Crippen molar-refractivity contribution in [3.8, 4) is 0 Å². The monoisotopic (exact) mass is 282 g/mol. The predicted molar refractivity (Wildman–Crippen MR) is 79.8 cm³/mol. The minimum absolute atomic E-state index is 0. The number of benzene rings is 1. The number of hydrogen-bond acceptors (Lipinski definition) is 3. The van der Waals surface area contributed by atoms with E-state index in [1.807, 2.05) is 0 Å². The summed E-state index contributed by atoms with van der Waals surface area (Å²) in [6.07, 6.45) is 1.21. The molecule has 3 nitrogen and oxygen atoms in total. The molecule has 2 fully saturated rings. The van der Waals surface area contributed by atoms with Crippen molar-refractivity contribution in [3.63, 3.8) is 0 Å². The number of hydrogen-bond donors (Lipinski definition) is 1. The van der Waals surface area contributed by atoms with E-state index in [1.54, 1.807) is 0 Å². The lowest BCUT2D eigenvalue weighted by molar-refractivity contribution is 0.173. The second kappa shape index (κ2) is 6.71. The van der Waals surface area contributed by atoms with Crippen molar-refractivity contribution in [2.75, 3.05) is 32.8 Å². The largest absolute Gasteiger partial charge is 0.381 e. The van der Waals surface area contributed by atoms with Gasteiger partial charge in [0.05, 0.1) is 6.61 Å². The minimum Gasteiger partial charge on any atom is -0.381 e. The topological polar surface area (TPSA) is 38.5 Å². The zero-order valence-electron chi connectivity index (χ0n) is 11.2. The van der Waals surface area contributed by atoms with Crippen LogP contribution in [0.15, 0.2) is 30.3 Å². The Hall–Kier alpha value is -0.610. The van der Waals surface area contributed by atoms with E-state index in [0.717, 1.165) is 32.8 Å². The minimum atomic E-state index is 0. The van der Waals surface area contributed by atoms with Gasteiger partial charge in [-0.05, 0) is 17.9 Å². The lowest BCUT2D eigenvalue weighted by Crippen LogP contribution is -2.31. The molecule has 106 valence electrons. The molecule has 3 atom stereocenters. The molecule has 0 aromatic heterocycles. The van der Waals surface area contributed by atoms with E-state index in [4.69, 9.17) is 10.5 Å². The zero-order valence-corrected chi connectivity index (χ0v) is 12.0. The normalized spacial score (nSPS) is 31.3. The van der Waals surface area contributed by atoms with Crippen LogP contribution >= 0.6 is 12.4 Å². The number of nitrogens with two attached hydrogens (primary N) is 1. The van der Waals surface area contributed by atoms with Gasteiger partial charge in [-0.2, -0.15) is 0 Å². The molecule has 1 unspecified atom stereocenters. The first-order valence-corrected chi connectivity index (χ1v) is 6.93. The summed E-state index contributed by atoms with van der Waals surface area (Å²) in [6.45, 7) is 5.14. The number of likely N-dealkylation sites (tertiary alicyclic amines) is 1. The van der Waals surface area contributed by atoms with Crippen molar-refractivity contribution in [1.29, 1.82) is 0 Å². The molecule has 1 aromatic rings. The van der Waals surface area contributed by atoms with Crippen LogP contribution < -0.4 is 5.73 Å². The fourth-order valence-electron chi connectivity index (χ4n) is 3.21. The van der Waals surface area contributed by atoms with Crippen LogP contribution in [0.25, 0.3) is 0 Å². The van der Waals surface area contributed by atoms with Crippen molar-refractivity contribution in [2.45, 2.75) is 18.4 Å². The number of rotatable bonds is 3. The molecule has 4 heteroatoms. The van der Waals surface area contributed by atoms with Crippen LogP contribution in [0.1, 0.15) is 17.9 Å². The number of halogens is 1. The Labute approximate surface area is 121 Å². The van der Waals surface area contributed by atoms with Crippen molar-refractivity contribution in [1.82, 2.24) is 4.90 Å². The summed E-state index contributed by atoms with van der Waals surface area (Å²) >= 11 is 0. The molecule has 0 spiro atoms. The van der Waals surface area contributed by atoms with Crippen LogP contribution in [0.2, 0.25) is 0 Å². The molecular formula is C15H23ClN2O. The zero-order chi connectivity index (χ0) is 12.4. The SMILES string of the molecule is Cl.N[C@@H]1CN(CC2CCOC2)C[C@H]1c1ccccc1. The van der Waals surface area contributed by atoms with Crippen LogP contribution in [0, 0.1) is 5.92 Å². The first kappa shape index (κ1) is 14.8.